The van der Waals surface area contributed by atoms with Gasteiger partial charge in [-0.3, -0.25) is 4.57 Å². The van der Waals surface area contributed by atoms with Gasteiger partial charge in [-0.2, -0.15) is 0 Å². The number of terminal acetylenes is 1. The molecule has 1 fully saturated rings. The molecule has 5 atom stereocenters. The van der Waals surface area contributed by atoms with Crippen LogP contribution in [0.2, 0.25) is 0 Å². The zero-order valence-electron chi connectivity index (χ0n) is 21.2. The van der Waals surface area contributed by atoms with E-state index in [0.717, 1.165) is 35.1 Å². The van der Waals surface area contributed by atoms with Crippen LogP contribution in [-0.4, -0.2) is 74.6 Å². The molecule has 11 nitrogen and oxygen atoms in total. The highest BCUT2D eigenvalue weighted by Crippen LogP contribution is 2.40. The fraction of sp³-hybridized carbons (Fsp3) is 0.444. The van der Waals surface area contributed by atoms with Crippen LogP contribution in [0.4, 0.5) is 10.5 Å². The number of aliphatic hydroxyl groups excluding tert-OH is 3. The number of aliphatic hydroxyl groups is 3. The van der Waals surface area contributed by atoms with Crippen LogP contribution in [0.15, 0.2) is 36.4 Å². The van der Waals surface area contributed by atoms with Crippen LogP contribution >= 0.6 is 7.60 Å². The summed E-state index contributed by atoms with van der Waals surface area (Å²) in [5.74, 6) is 2.92. The van der Waals surface area contributed by atoms with Crippen molar-refractivity contribution < 1.29 is 43.9 Å². The first-order chi connectivity index (χ1) is 18.6. The van der Waals surface area contributed by atoms with E-state index in [1.165, 1.54) is 0 Å². The number of anilines is 1. The van der Waals surface area contributed by atoms with Gasteiger partial charge in [-0.1, -0.05) is 12.1 Å². The SMILES string of the molecule is C#CCCCCNC(=O)Nc1ccc2c(c1)Cc1cc(O[C@H]3O[C@H](CCP(=O)(O)O)[C@@H](O)[C@H](O)[C@@H]3O)ccc1-2. The van der Waals surface area contributed by atoms with E-state index in [1.807, 2.05) is 24.3 Å². The predicted octanol–water partition coefficient (Wildman–Crippen LogP) is 1.94. The van der Waals surface area contributed by atoms with Gasteiger partial charge < -0.3 is 45.2 Å². The molecule has 1 saturated heterocycles. The number of carbonyl (C=O) groups excluding carboxylic acids is 1. The Morgan fingerprint density at radius 2 is 1.77 bits per heavy atom. The minimum absolute atomic E-state index is 0.227. The molecule has 0 aromatic heterocycles. The van der Waals surface area contributed by atoms with Crippen molar-refractivity contribution in [2.24, 2.45) is 0 Å². The number of carbonyl (C=O) groups is 1. The smallest absolute Gasteiger partial charge is 0.325 e. The van der Waals surface area contributed by atoms with Gasteiger partial charge in [0.1, 0.15) is 24.1 Å². The van der Waals surface area contributed by atoms with Gasteiger partial charge in [0.05, 0.1) is 12.3 Å². The number of unbranched alkanes of at least 4 members (excludes halogenated alkanes) is 2. The summed E-state index contributed by atoms with van der Waals surface area (Å²) < 4.78 is 22.6. The van der Waals surface area contributed by atoms with Crippen LogP contribution in [-0.2, 0) is 15.7 Å². The maximum atomic E-state index is 12.2. The van der Waals surface area contributed by atoms with Crippen LogP contribution in [0.3, 0.4) is 0 Å². The zero-order valence-corrected chi connectivity index (χ0v) is 22.1. The van der Waals surface area contributed by atoms with Gasteiger partial charge in [0, 0.05) is 18.7 Å². The number of ether oxygens (including phenoxy) is 2. The molecule has 0 saturated carbocycles. The summed E-state index contributed by atoms with van der Waals surface area (Å²) in [4.78, 5) is 30.5. The Balaban J connectivity index is 1.38. The van der Waals surface area contributed by atoms with Crippen molar-refractivity contribution in [3.8, 4) is 29.2 Å². The molecular formula is C27H33N2O9P. The third-order valence-corrected chi connectivity index (χ3v) is 7.61. The van der Waals surface area contributed by atoms with E-state index in [2.05, 4.69) is 16.6 Å². The minimum Gasteiger partial charge on any atom is -0.462 e. The standard InChI is InChI=1S/C27H33N2O9P/c1-2-3-4-5-11-28-27(33)29-18-6-8-20-16(14-18)13-17-15-19(7-9-21(17)20)37-26-25(32)24(31)23(30)22(38-26)10-12-39(34,35)36/h1,6-9,14-15,22-26,30-32H,3-5,10-13H2,(H2,28,29,33)(H2,34,35,36)/t22-,23-,24+,25+,26+/m1/s1. The first kappa shape index (κ1) is 29.1. The van der Waals surface area contributed by atoms with Crippen molar-refractivity contribution in [3.63, 3.8) is 0 Å². The number of hydrogen-bond acceptors (Lipinski definition) is 7. The van der Waals surface area contributed by atoms with E-state index in [-0.39, 0.29) is 12.5 Å². The Hall–Kier alpha value is -2.94. The van der Waals surface area contributed by atoms with E-state index in [0.29, 0.717) is 30.8 Å². The van der Waals surface area contributed by atoms with E-state index in [4.69, 9.17) is 25.7 Å². The summed E-state index contributed by atoms with van der Waals surface area (Å²) in [6, 6.07) is 10.7. The predicted molar refractivity (Wildman–Crippen MR) is 143 cm³/mol. The van der Waals surface area contributed by atoms with Gasteiger partial charge in [-0.25, -0.2) is 4.79 Å². The summed E-state index contributed by atoms with van der Waals surface area (Å²) in [6.07, 6.45) is 0.159. The van der Waals surface area contributed by atoms with Crippen molar-refractivity contribution in [1.29, 1.82) is 0 Å². The van der Waals surface area contributed by atoms with E-state index in [9.17, 15) is 24.7 Å². The van der Waals surface area contributed by atoms with Gasteiger partial charge >= 0.3 is 13.6 Å². The van der Waals surface area contributed by atoms with Crippen molar-refractivity contribution in [2.75, 3.05) is 18.0 Å². The Morgan fingerprint density at radius 1 is 1.05 bits per heavy atom. The Kier molecular flexibility index (Phi) is 9.31. The first-order valence-electron chi connectivity index (χ1n) is 12.7. The second-order valence-electron chi connectivity index (χ2n) is 9.72. The molecule has 7 N–H and O–H groups in total. The molecule has 12 heteroatoms. The van der Waals surface area contributed by atoms with Gasteiger partial charge in [0.2, 0.25) is 6.29 Å². The molecule has 2 aliphatic rings. The second kappa shape index (κ2) is 12.5. The summed E-state index contributed by atoms with van der Waals surface area (Å²) in [5.41, 5.74) is 4.62. The number of hydrogen-bond donors (Lipinski definition) is 7. The molecule has 4 rings (SSSR count). The quantitative estimate of drug-likeness (QED) is 0.111. The topological polar surface area (TPSA) is 178 Å². The number of fused-ring (bicyclic) bond motifs is 3. The van der Waals surface area contributed by atoms with Gasteiger partial charge in [-0.15, -0.1) is 12.3 Å². The number of urea groups is 1. The zero-order chi connectivity index (χ0) is 28.2. The lowest BCUT2D eigenvalue weighted by Gasteiger charge is -2.40. The number of rotatable bonds is 10. The number of amides is 2. The molecular weight excluding hydrogens is 527 g/mol. The fourth-order valence-corrected chi connectivity index (χ4v) is 5.34. The van der Waals surface area contributed by atoms with E-state index in [1.54, 1.807) is 12.1 Å². The normalized spacial score (nSPS) is 23.8. The third-order valence-electron chi connectivity index (χ3n) is 6.77. The lowest BCUT2D eigenvalue weighted by atomic mass is 9.97. The average molecular weight is 561 g/mol. The molecule has 0 unspecified atom stereocenters. The number of benzene rings is 2. The molecule has 1 aliphatic carbocycles. The molecule has 2 aromatic carbocycles. The van der Waals surface area contributed by atoms with Crippen molar-refractivity contribution in [3.05, 3.63) is 47.5 Å². The highest BCUT2D eigenvalue weighted by molar-refractivity contribution is 7.51. The van der Waals surface area contributed by atoms with Gasteiger partial charge in [0.25, 0.3) is 0 Å². The van der Waals surface area contributed by atoms with E-state index >= 15 is 0 Å². The Bertz CT molecular complexity index is 1270. The molecule has 1 aliphatic heterocycles. The summed E-state index contributed by atoms with van der Waals surface area (Å²) >= 11 is 0. The molecule has 2 aromatic rings. The van der Waals surface area contributed by atoms with Crippen molar-refractivity contribution in [2.45, 2.75) is 62.8 Å². The van der Waals surface area contributed by atoms with Crippen LogP contribution in [0.5, 0.6) is 5.75 Å². The second-order valence-corrected chi connectivity index (χ2v) is 11.5. The maximum Gasteiger partial charge on any atom is 0.325 e. The van der Waals surface area contributed by atoms with Gasteiger partial charge in [-0.05, 0) is 72.2 Å². The van der Waals surface area contributed by atoms with Crippen LogP contribution in [0.25, 0.3) is 11.1 Å². The fourth-order valence-electron chi connectivity index (χ4n) is 4.75. The molecule has 0 bridgehead atoms. The molecule has 210 valence electrons. The van der Waals surface area contributed by atoms with Crippen LogP contribution in [0, 0.1) is 12.3 Å². The third kappa shape index (κ3) is 7.38. The summed E-state index contributed by atoms with van der Waals surface area (Å²) in [5, 5.41) is 36.5. The Labute approximate surface area is 226 Å². The van der Waals surface area contributed by atoms with Crippen molar-refractivity contribution >= 4 is 19.3 Å². The molecule has 39 heavy (non-hydrogen) atoms. The molecule has 0 radical (unpaired) electrons. The van der Waals surface area contributed by atoms with Crippen molar-refractivity contribution in [1.82, 2.24) is 5.32 Å². The van der Waals surface area contributed by atoms with Gasteiger partial charge in [0.15, 0.2) is 0 Å². The van der Waals surface area contributed by atoms with E-state index < -0.39 is 44.5 Å². The molecule has 0 spiro atoms. The number of nitrogens with one attached hydrogen (secondary N) is 2. The Morgan fingerprint density at radius 3 is 2.49 bits per heavy atom. The molecule has 1 heterocycles. The monoisotopic (exact) mass is 560 g/mol. The maximum absolute atomic E-state index is 12.2. The summed E-state index contributed by atoms with van der Waals surface area (Å²) in [7, 11) is -4.35. The summed E-state index contributed by atoms with van der Waals surface area (Å²) in [6.45, 7) is 0.534. The van der Waals surface area contributed by atoms with Crippen LogP contribution < -0.4 is 15.4 Å². The minimum atomic E-state index is -4.35. The molecule has 2 amide bonds. The lowest BCUT2D eigenvalue weighted by molar-refractivity contribution is -0.272. The highest BCUT2D eigenvalue weighted by Gasteiger charge is 2.45. The first-order valence-corrected chi connectivity index (χ1v) is 14.5. The average Bonchev–Trinajstić information content (AvgIpc) is 3.24. The lowest BCUT2D eigenvalue weighted by Crippen LogP contribution is -2.59. The highest BCUT2D eigenvalue weighted by atomic mass is 31.2. The largest absolute Gasteiger partial charge is 0.462 e. The van der Waals surface area contributed by atoms with Crippen LogP contribution in [0.1, 0.15) is 36.8 Å².